The fourth-order valence-electron chi connectivity index (χ4n) is 3.03. The summed E-state index contributed by atoms with van der Waals surface area (Å²) in [6.07, 6.45) is 0. The Kier molecular flexibility index (Phi) is 7.96. The molecular formula is C25H21O6PS. The molecule has 0 aromatic heterocycles. The molecule has 0 atom stereocenters. The first-order valence-electron chi connectivity index (χ1n) is 9.76. The van der Waals surface area contributed by atoms with Crippen molar-refractivity contribution in [2.24, 2.45) is 0 Å². The van der Waals surface area contributed by atoms with Crippen LogP contribution in [0.4, 0.5) is 0 Å². The number of aromatic carboxylic acids is 1. The summed E-state index contributed by atoms with van der Waals surface area (Å²) < 4.78 is 29.8. The highest BCUT2D eigenvalue weighted by atomic mass is 32.2. The molecule has 0 aliphatic carbocycles. The van der Waals surface area contributed by atoms with Crippen LogP contribution in [0.2, 0.25) is 0 Å². The number of benzene rings is 4. The molecule has 4 rings (SSSR count). The maximum absolute atomic E-state index is 10.6. The largest absolute Gasteiger partial charge is 0.507 e. The maximum atomic E-state index is 10.6. The molecule has 4 aromatic carbocycles. The van der Waals surface area contributed by atoms with Crippen molar-refractivity contribution in [2.75, 3.05) is 0 Å². The molecule has 33 heavy (non-hydrogen) atoms. The second-order valence-electron chi connectivity index (χ2n) is 6.80. The van der Waals surface area contributed by atoms with E-state index in [9.17, 15) is 13.2 Å². The first-order chi connectivity index (χ1) is 15.8. The van der Waals surface area contributed by atoms with E-state index in [1.54, 1.807) is 0 Å². The third kappa shape index (κ3) is 6.49. The van der Waals surface area contributed by atoms with Gasteiger partial charge in [-0.05, 0) is 42.0 Å². The van der Waals surface area contributed by atoms with Crippen molar-refractivity contribution in [1.82, 2.24) is 0 Å². The molecule has 0 radical (unpaired) electrons. The van der Waals surface area contributed by atoms with Crippen molar-refractivity contribution in [3.05, 3.63) is 115 Å². The minimum Gasteiger partial charge on any atom is -0.507 e. The molecule has 0 spiro atoms. The number of rotatable bonds is 5. The Bertz CT molecular complexity index is 1220. The van der Waals surface area contributed by atoms with Crippen LogP contribution in [0.25, 0.3) is 0 Å². The van der Waals surface area contributed by atoms with Gasteiger partial charge in [-0.25, -0.2) is 4.79 Å². The van der Waals surface area contributed by atoms with Gasteiger partial charge in [-0.3, -0.25) is 4.55 Å². The van der Waals surface area contributed by atoms with Crippen molar-refractivity contribution in [3.63, 3.8) is 0 Å². The van der Waals surface area contributed by atoms with Crippen LogP contribution in [-0.4, -0.2) is 29.2 Å². The van der Waals surface area contributed by atoms with E-state index in [4.69, 9.17) is 14.8 Å². The molecule has 0 unspecified atom stereocenters. The lowest BCUT2D eigenvalue weighted by molar-refractivity contribution is 0.0693. The van der Waals surface area contributed by atoms with Gasteiger partial charge in [-0.1, -0.05) is 91.0 Å². The SMILES string of the molecule is O=C(O)c1cc(S(=O)(=O)O)ccc1O.c1ccc(P(c2ccccc2)c2ccccc2)cc1. The van der Waals surface area contributed by atoms with Crippen molar-refractivity contribution >= 4 is 39.9 Å². The molecule has 0 heterocycles. The van der Waals surface area contributed by atoms with Crippen LogP contribution < -0.4 is 15.9 Å². The van der Waals surface area contributed by atoms with E-state index < -0.39 is 40.2 Å². The number of carboxylic acids is 1. The van der Waals surface area contributed by atoms with Gasteiger partial charge in [0.1, 0.15) is 11.3 Å². The Morgan fingerprint density at radius 2 is 1.06 bits per heavy atom. The van der Waals surface area contributed by atoms with E-state index in [0.717, 1.165) is 12.1 Å². The maximum Gasteiger partial charge on any atom is 0.339 e. The zero-order valence-corrected chi connectivity index (χ0v) is 19.0. The lowest BCUT2D eigenvalue weighted by Crippen LogP contribution is -2.20. The van der Waals surface area contributed by atoms with E-state index in [1.807, 2.05) is 0 Å². The molecule has 0 aliphatic heterocycles. The lowest BCUT2D eigenvalue weighted by Gasteiger charge is -2.18. The summed E-state index contributed by atoms with van der Waals surface area (Å²) in [5.41, 5.74) is -0.583. The first-order valence-corrected chi connectivity index (χ1v) is 12.5. The molecule has 168 valence electrons. The van der Waals surface area contributed by atoms with Crippen LogP contribution in [0.15, 0.2) is 114 Å². The third-order valence-corrected chi connectivity index (χ3v) is 7.83. The van der Waals surface area contributed by atoms with Crippen molar-refractivity contribution in [1.29, 1.82) is 0 Å². The van der Waals surface area contributed by atoms with Gasteiger partial charge < -0.3 is 10.2 Å². The molecule has 0 saturated carbocycles. The minimum atomic E-state index is -4.45. The molecule has 0 amide bonds. The molecule has 0 saturated heterocycles. The summed E-state index contributed by atoms with van der Waals surface area (Å²) in [6, 6.07) is 34.8. The van der Waals surface area contributed by atoms with Gasteiger partial charge in [0.05, 0.1) is 4.90 Å². The predicted octanol–water partition coefficient (Wildman–Crippen LogP) is 3.78. The fourth-order valence-corrected chi connectivity index (χ4v) is 5.84. The van der Waals surface area contributed by atoms with Crippen LogP contribution in [0.5, 0.6) is 5.75 Å². The zero-order valence-electron chi connectivity index (χ0n) is 17.3. The number of carbonyl (C=O) groups is 1. The van der Waals surface area contributed by atoms with Crippen LogP contribution in [0.1, 0.15) is 10.4 Å². The molecule has 0 fully saturated rings. The zero-order chi connectivity index (χ0) is 23.8. The Labute approximate surface area is 193 Å². The Morgan fingerprint density at radius 3 is 1.39 bits per heavy atom. The van der Waals surface area contributed by atoms with Crippen molar-refractivity contribution in [2.45, 2.75) is 4.90 Å². The molecule has 3 N–H and O–H groups in total. The van der Waals surface area contributed by atoms with Gasteiger partial charge in [0.2, 0.25) is 0 Å². The average Bonchev–Trinajstić information content (AvgIpc) is 2.81. The summed E-state index contributed by atoms with van der Waals surface area (Å²) in [6.45, 7) is 0. The van der Waals surface area contributed by atoms with Crippen molar-refractivity contribution in [3.8, 4) is 5.75 Å². The van der Waals surface area contributed by atoms with E-state index in [1.165, 1.54) is 15.9 Å². The molecule has 6 nitrogen and oxygen atoms in total. The highest BCUT2D eigenvalue weighted by molar-refractivity contribution is 7.85. The summed E-state index contributed by atoms with van der Waals surface area (Å²) in [7, 11) is -4.90. The van der Waals surface area contributed by atoms with Crippen molar-refractivity contribution < 1.29 is 28.0 Å². The monoisotopic (exact) mass is 480 g/mol. The van der Waals surface area contributed by atoms with Gasteiger partial charge in [0, 0.05) is 0 Å². The van der Waals surface area contributed by atoms with Crippen LogP contribution in [0.3, 0.4) is 0 Å². The molecule has 4 aromatic rings. The smallest absolute Gasteiger partial charge is 0.339 e. The van der Waals surface area contributed by atoms with Crippen LogP contribution in [-0.2, 0) is 10.1 Å². The summed E-state index contributed by atoms with van der Waals surface area (Å²) in [5.74, 6) is -2.04. The Hall–Kier alpha value is -3.51. The fraction of sp³-hybridized carbons (Fsp3) is 0. The molecule has 0 aliphatic rings. The highest BCUT2D eigenvalue weighted by Crippen LogP contribution is 2.32. The van der Waals surface area contributed by atoms with Gasteiger partial charge in [-0.2, -0.15) is 8.42 Å². The standard InChI is InChI=1S/C18H15P.C7H6O6S/c1-4-10-16(11-5-1)19(17-12-6-2-7-13-17)18-14-8-3-9-15-18;8-6-2-1-4(14(11,12)13)3-5(6)7(9)10/h1-15H;1-3,8H,(H,9,10)(H,11,12,13). The second-order valence-corrected chi connectivity index (χ2v) is 10.4. The number of carboxylic acid groups (broad SMARTS) is 1. The number of hydrogen-bond acceptors (Lipinski definition) is 4. The average molecular weight is 480 g/mol. The van der Waals surface area contributed by atoms with Gasteiger partial charge >= 0.3 is 5.97 Å². The topological polar surface area (TPSA) is 112 Å². The van der Waals surface area contributed by atoms with E-state index in [-0.39, 0.29) is 0 Å². The third-order valence-electron chi connectivity index (χ3n) is 4.54. The number of aromatic hydroxyl groups is 1. The number of phenols is 1. The molecular weight excluding hydrogens is 459 g/mol. The highest BCUT2D eigenvalue weighted by Gasteiger charge is 2.16. The predicted molar refractivity (Wildman–Crippen MR) is 130 cm³/mol. The Morgan fingerprint density at radius 1 is 0.667 bits per heavy atom. The summed E-state index contributed by atoms with van der Waals surface area (Å²) >= 11 is 0. The summed E-state index contributed by atoms with van der Waals surface area (Å²) in [5, 5.41) is 21.7. The van der Waals surface area contributed by atoms with E-state index >= 15 is 0 Å². The second kappa shape index (κ2) is 10.9. The lowest BCUT2D eigenvalue weighted by atomic mass is 10.2. The number of hydrogen-bond donors (Lipinski definition) is 3. The van der Waals surface area contributed by atoms with Gasteiger partial charge in [0.25, 0.3) is 10.1 Å². The van der Waals surface area contributed by atoms with E-state index in [2.05, 4.69) is 91.0 Å². The van der Waals surface area contributed by atoms with Gasteiger partial charge in [-0.15, -0.1) is 0 Å². The Balaban J connectivity index is 0.000000196. The van der Waals surface area contributed by atoms with Crippen LogP contribution >= 0.6 is 7.92 Å². The molecule has 0 bridgehead atoms. The summed E-state index contributed by atoms with van der Waals surface area (Å²) in [4.78, 5) is 9.89. The molecule has 8 heteroatoms. The van der Waals surface area contributed by atoms with Gasteiger partial charge in [0.15, 0.2) is 0 Å². The first kappa shape index (κ1) is 24.1. The normalized spacial score (nSPS) is 10.8. The van der Waals surface area contributed by atoms with E-state index in [0.29, 0.717) is 6.07 Å². The van der Waals surface area contributed by atoms with Crippen LogP contribution in [0, 0.1) is 0 Å². The quantitative estimate of drug-likeness (QED) is 0.296. The minimum absolute atomic E-state index is 0.446.